The van der Waals surface area contributed by atoms with Crippen LogP contribution in [0.3, 0.4) is 0 Å². The summed E-state index contributed by atoms with van der Waals surface area (Å²) in [5.41, 5.74) is 6.36. The fraction of sp³-hybridized carbons (Fsp3) is 0.308. The van der Waals surface area contributed by atoms with Crippen molar-refractivity contribution in [1.82, 2.24) is 15.3 Å². The van der Waals surface area contributed by atoms with Gasteiger partial charge in [-0.25, -0.2) is 4.98 Å². The van der Waals surface area contributed by atoms with Crippen molar-refractivity contribution >= 4 is 42.1 Å². The molecule has 0 aliphatic carbocycles. The lowest BCUT2D eigenvalue weighted by Gasteiger charge is -2.18. The number of amides is 1. The average molecular weight is 349 g/mol. The van der Waals surface area contributed by atoms with Crippen LogP contribution >= 0.6 is 36.2 Å². The smallest absolute Gasteiger partial charge is 0.263 e. The number of hydrogen-bond acceptors (Lipinski definition) is 5. The Bertz CT molecular complexity index is 569. The van der Waals surface area contributed by atoms with Gasteiger partial charge in [0.1, 0.15) is 9.88 Å². The van der Waals surface area contributed by atoms with Crippen LogP contribution in [0.25, 0.3) is 10.6 Å². The summed E-state index contributed by atoms with van der Waals surface area (Å²) in [6.07, 6.45) is 4.99. The van der Waals surface area contributed by atoms with Gasteiger partial charge >= 0.3 is 0 Å². The maximum absolute atomic E-state index is 11.9. The van der Waals surface area contributed by atoms with Crippen LogP contribution in [0.15, 0.2) is 30.7 Å². The number of nitrogens with one attached hydrogen (secondary N) is 1. The molecule has 116 valence electrons. The number of halogens is 2. The normalized spacial score (nSPS) is 10.2. The van der Waals surface area contributed by atoms with E-state index in [4.69, 9.17) is 5.73 Å². The maximum atomic E-state index is 11.9. The summed E-state index contributed by atoms with van der Waals surface area (Å²) >= 11 is 1.35. The Morgan fingerprint density at radius 3 is 2.52 bits per heavy atom. The molecule has 2 heterocycles. The highest BCUT2D eigenvalue weighted by Gasteiger charge is 2.15. The largest absolute Gasteiger partial charge is 0.349 e. The van der Waals surface area contributed by atoms with E-state index in [1.165, 1.54) is 11.3 Å². The third kappa shape index (κ3) is 5.97. The number of nitrogens with two attached hydrogens (primary N) is 1. The lowest BCUT2D eigenvalue weighted by Crippen LogP contribution is -2.44. The molecule has 2 aromatic rings. The molecular weight excluding hydrogens is 331 g/mol. The number of hydrogen-bond donors (Lipinski definition) is 2. The topological polar surface area (TPSA) is 80.9 Å². The minimum atomic E-state index is -0.422. The zero-order valence-electron chi connectivity index (χ0n) is 11.7. The van der Waals surface area contributed by atoms with Crippen LogP contribution in [0.2, 0.25) is 0 Å². The zero-order chi connectivity index (χ0) is 13.9. The number of carbonyl (C=O) groups excluding carboxylic acids is 1. The standard InChI is InChI=1S/C13H16N4OS.2ClH/c1-13(2,14)8-17-11(18)10-7-16-12(19-10)9-3-5-15-6-4-9;;/h3-7H,8,14H2,1-2H3,(H,17,18);2*1H. The highest BCUT2D eigenvalue weighted by Crippen LogP contribution is 2.24. The van der Waals surface area contributed by atoms with Crippen LogP contribution < -0.4 is 11.1 Å². The van der Waals surface area contributed by atoms with Crippen LogP contribution in [-0.2, 0) is 0 Å². The van der Waals surface area contributed by atoms with Crippen molar-refractivity contribution in [3.8, 4) is 10.6 Å². The molecule has 8 heteroatoms. The second-order valence-corrected chi connectivity index (χ2v) is 5.97. The number of carbonyl (C=O) groups is 1. The van der Waals surface area contributed by atoms with Crippen molar-refractivity contribution in [3.05, 3.63) is 35.6 Å². The van der Waals surface area contributed by atoms with E-state index in [1.54, 1.807) is 18.6 Å². The lowest BCUT2D eigenvalue weighted by atomic mass is 10.1. The molecule has 0 fully saturated rings. The predicted molar refractivity (Wildman–Crippen MR) is 90.4 cm³/mol. The summed E-state index contributed by atoms with van der Waals surface area (Å²) < 4.78 is 0. The number of pyridine rings is 1. The van der Waals surface area contributed by atoms with Gasteiger partial charge in [0.2, 0.25) is 0 Å². The number of aromatic nitrogens is 2. The first-order valence-corrected chi connectivity index (χ1v) is 6.71. The Balaban J connectivity index is 0.00000200. The maximum Gasteiger partial charge on any atom is 0.263 e. The van der Waals surface area contributed by atoms with Gasteiger partial charge in [0.15, 0.2) is 0 Å². The molecule has 0 saturated carbocycles. The predicted octanol–water partition coefficient (Wildman–Crippen LogP) is 2.52. The Hall–Kier alpha value is -1.21. The van der Waals surface area contributed by atoms with Crippen molar-refractivity contribution in [2.75, 3.05) is 6.54 Å². The third-order valence-electron chi connectivity index (χ3n) is 2.36. The molecule has 0 spiro atoms. The highest BCUT2D eigenvalue weighted by atomic mass is 35.5. The van der Waals surface area contributed by atoms with E-state index in [1.807, 2.05) is 26.0 Å². The van der Waals surface area contributed by atoms with E-state index in [-0.39, 0.29) is 30.7 Å². The minimum absolute atomic E-state index is 0. The molecule has 1 amide bonds. The monoisotopic (exact) mass is 348 g/mol. The van der Waals surface area contributed by atoms with Gasteiger partial charge in [-0.05, 0) is 26.0 Å². The summed E-state index contributed by atoms with van der Waals surface area (Å²) in [7, 11) is 0. The van der Waals surface area contributed by atoms with Gasteiger partial charge < -0.3 is 11.1 Å². The van der Waals surface area contributed by atoms with E-state index in [9.17, 15) is 4.79 Å². The molecule has 21 heavy (non-hydrogen) atoms. The van der Waals surface area contributed by atoms with Crippen LogP contribution in [-0.4, -0.2) is 28.0 Å². The number of rotatable bonds is 4. The summed E-state index contributed by atoms with van der Waals surface area (Å²) in [5.74, 6) is -0.142. The van der Waals surface area contributed by atoms with E-state index in [0.29, 0.717) is 11.4 Å². The molecule has 0 aliphatic rings. The van der Waals surface area contributed by atoms with E-state index >= 15 is 0 Å². The lowest BCUT2D eigenvalue weighted by molar-refractivity contribution is 0.0950. The van der Waals surface area contributed by atoms with Crippen LogP contribution in [0.5, 0.6) is 0 Å². The first-order chi connectivity index (χ1) is 8.96. The minimum Gasteiger partial charge on any atom is -0.349 e. The van der Waals surface area contributed by atoms with Gasteiger partial charge in [-0.1, -0.05) is 0 Å². The first kappa shape index (κ1) is 19.8. The van der Waals surface area contributed by atoms with E-state index < -0.39 is 5.54 Å². The second kappa shape index (κ2) is 8.29. The fourth-order valence-corrected chi connectivity index (χ4v) is 2.24. The van der Waals surface area contributed by atoms with Gasteiger partial charge in [0, 0.05) is 30.0 Å². The third-order valence-corrected chi connectivity index (χ3v) is 3.41. The van der Waals surface area contributed by atoms with E-state index in [2.05, 4.69) is 15.3 Å². The van der Waals surface area contributed by atoms with Gasteiger partial charge in [-0.3, -0.25) is 9.78 Å². The van der Waals surface area contributed by atoms with Crippen LogP contribution in [0, 0.1) is 0 Å². The van der Waals surface area contributed by atoms with Gasteiger partial charge in [-0.2, -0.15) is 0 Å². The second-order valence-electron chi connectivity index (χ2n) is 4.94. The summed E-state index contributed by atoms with van der Waals surface area (Å²) in [5, 5.41) is 3.60. The molecule has 5 nitrogen and oxygen atoms in total. The van der Waals surface area contributed by atoms with Crippen molar-refractivity contribution in [2.45, 2.75) is 19.4 Å². The van der Waals surface area contributed by atoms with Crippen molar-refractivity contribution in [2.24, 2.45) is 5.73 Å². The molecule has 0 atom stereocenters. The summed E-state index contributed by atoms with van der Waals surface area (Å²) in [6, 6.07) is 3.73. The van der Waals surface area contributed by atoms with Crippen molar-refractivity contribution in [1.29, 1.82) is 0 Å². The average Bonchev–Trinajstić information content (AvgIpc) is 2.86. The van der Waals surface area contributed by atoms with Crippen LogP contribution in [0.4, 0.5) is 0 Å². The molecule has 3 N–H and O–H groups in total. The zero-order valence-corrected chi connectivity index (χ0v) is 14.1. The SMILES string of the molecule is CC(C)(N)CNC(=O)c1cnc(-c2ccncc2)s1.Cl.Cl. The molecule has 0 radical (unpaired) electrons. The Labute approximate surface area is 140 Å². The van der Waals surface area contributed by atoms with Gasteiger partial charge in [-0.15, -0.1) is 36.2 Å². The molecular formula is C13H18Cl2N4OS. The quantitative estimate of drug-likeness (QED) is 0.889. The molecule has 0 saturated heterocycles. The summed E-state index contributed by atoms with van der Waals surface area (Å²) in [6.45, 7) is 4.15. The fourth-order valence-electron chi connectivity index (χ4n) is 1.40. The highest BCUT2D eigenvalue weighted by molar-refractivity contribution is 7.16. The van der Waals surface area contributed by atoms with Gasteiger partial charge in [0.05, 0.1) is 6.20 Å². The molecule has 2 aromatic heterocycles. The van der Waals surface area contributed by atoms with Gasteiger partial charge in [0.25, 0.3) is 5.91 Å². The Morgan fingerprint density at radius 1 is 1.33 bits per heavy atom. The Morgan fingerprint density at radius 2 is 1.95 bits per heavy atom. The Kier molecular flexibility index (Phi) is 7.81. The molecule has 0 unspecified atom stereocenters. The molecule has 0 aliphatic heterocycles. The summed E-state index contributed by atoms with van der Waals surface area (Å²) in [4.78, 5) is 20.7. The number of nitrogens with zero attached hydrogens (tertiary/aromatic N) is 2. The molecule has 0 aromatic carbocycles. The molecule has 0 bridgehead atoms. The van der Waals surface area contributed by atoms with Crippen molar-refractivity contribution in [3.63, 3.8) is 0 Å². The van der Waals surface area contributed by atoms with Crippen LogP contribution in [0.1, 0.15) is 23.5 Å². The number of thiazole rings is 1. The van der Waals surface area contributed by atoms with Crippen molar-refractivity contribution < 1.29 is 4.79 Å². The van der Waals surface area contributed by atoms with E-state index in [0.717, 1.165) is 10.6 Å². The first-order valence-electron chi connectivity index (χ1n) is 5.89. The molecule has 2 rings (SSSR count).